The average Bonchev–Trinajstić information content (AvgIpc) is 2.37. The number of allylic oxidation sites excluding steroid dienone is 3. The Bertz CT molecular complexity index is 220. The van der Waals surface area contributed by atoms with Gasteiger partial charge in [0.1, 0.15) is 0 Å². The maximum absolute atomic E-state index is 8.89. The summed E-state index contributed by atoms with van der Waals surface area (Å²) in [4.78, 5) is 0. The summed E-state index contributed by atoms with van der Waals surface area (Å²) in [6.45, 7) is 5.56. The van der Waals surface area contributed by atoms with E-state index in [0.717, 1.165) is 0 Å². The van der Waals surface area contributed by atoms with E-state index < -0.39 is 5.97 Å². The van der Waals surface area contributed by atoms with Crippen molar-refractivity contribution in [2.45, 2.75) is 39.6 Å². The molecule has 0 saturated heterocycles. The van der Waals surface area contributed by atoms with Crippen molar-refractivity contribution in [3.63, 3.8) is 0 Å². The maximum atomic E-state index is 8.89. The van der Waals surface area contributed by atoms with Crippen LogP contribution in [0.2, 0.25) is 0 Å². The Balaban J connectivity index is 4.74. The first-order valence-corrected chi connectivity index (χ1v) is 5.72. The number of rotatable bonds is 9. The molecule has 98 valence electrons. The Morgan fingerprint density at radius 2 is 1.29 bits per heavy atom. The summed E-state index contributed by atoms with van der Waals surface area (Å²) in [5.41, 5.74) is 0. The molecule has 1 N–H and O–H groups in total. The fourth-order valence-electron chi connectivity index (χ4n) is 1.07. The molecule has 0 aliphatic carbocycles. The molecule has 0 aliphatic heterocycles. The van der Waals surface area contributed by atoms with Crippen LogP contribution in [0.1, 0.15) is 33.6 Å². The van der Waals surface area contributed by atoms with Crippen molar-refractivity contribution >= 4 is 0 Å². The van der Waals surface area contributed by atoms with Gasteiger partial charge in [-0.3, -0.25) is 0 Å². The summed E-state index contributed by atoms with van der Waals surface area (Å²) >= 11 is 0. The molecule has 4 nitrogen and oxygen atoms in total. The van der Waals surface area contributed by atoms with Gasteiger partial charge in [0.05, 0.1) is 25.2 Å². The van der Waals surface area contributed by atoms with E-state index in [4.69, 9.17) is 19.3 Å². The van der Waals surface area contributed by atoms with Crippen molar-refractivity contribution in [1.82, 2.24) is 0 Å². The second-order valence-electron chi connectivity index (χ2n) is 3.27. The number of aliphatic hydroxyl groups is 1. The Kier molecular flexibility index (Phi) is 8.96. The summed E-state index contributed by atoms with van der Waals surface area (Å²) in [7, 11) is 0. The SMILES string of the molecule is CC=COC(CCCO)(OC=CC)OC=CC. The molecule has 0 aliphatic rings. The zero-order valence-corrected chi connectivity index (χ0v) is 10.8. The molecule has 0 aromatic heterocycles. The summed E-state index contributed by atoms with van der Waals surface area (Å²) in [6.07, 6.45) is 10.7. The van der Waals surface area contributed by atoms with E-state index in [2.05, 4.69) is 0 Å². The van der Waals surface area contributed by atoms with Gasteiger partial charge in [0, 0.05) is 6.61 Å². The van der Waals surface area contributed by atoms with Gasteiger partial charge in [-0.05, 0) is 27.2 Å². The molecule has 0 aromatic carbocycles. The predicted octanol–water partition coefficient (Wildman–Crippen LogP) is 3.06. The van der Waals surface area contributed by atoms with Gasteiger partial charge in [-0.1, -0.05) is 18.2 Å². The molecule has 0 saturated carbocycles. The van der Waals surface area contributed by atoms with Crippen LogP contribution in [0.15, 0.2) is 37.0 Å². The Morgan fingerprint density at radius 1 is 0.882 bits per heavy atom. The largest absolute Gasteiger partial charge is 0.429 e. The minimum atomic E-state index is -1.21. The molecule has 17 heavy (non-hydrogen) atoms. The molecule has 0 bridgehead atoms. The van der Waals surface area contributed by atoms with Crippen molar-refractivity contribution in [2.75, 3.05) is 6.61 Å². The van der Waals surface area contributed by atoms with Gasteiger partial charge in [0.15, 0.2) is 0 Å². The number of ether oxygens (including phenoxy) is 3. The van der Waals surface area contributed by atoms with E-state index >= 15 is 0 Å². The fraction of sp³-hybridized carbons (Fsp3) is 0.538. The molecule has 0 rings (SSSR count). The third-order valence-electron chi connectivity index (χ3n) is 1.79. The van der Waals surface area contributed by atoms with Gasteiger partial charge in [0.25, 0.3) is 0 Å². The standard InChI is InChI=1S/C13H22O4/c1-4-10-15-13(8-7-9-14,16-11-5-2)17-12-6-3/h4-6,10-12,14H,7-9H2,1-3H3. The summed E-state index contributed by atoms with van der Waals surface area (Å²) in [5.74, 6) is -1.21. The normalized spacial score (nSPS) is 15.5. The van der Waals surface area contributed by atoms with Crippen LogP contribution in [-0.2, 0) is 14.2 Å². The van der Waals surface area contributed by atoms with Crippen molar-refractivity contribution in [2.24, 2.45) is 0 Å². The fourth-order valence-corrected chi connectivity index (χ4v) is 1.07. The first kappa shape index (κ1) is 15.6. The van der Waals surface area contributed by atoms with E-state index in [1.807, 2.05) is 20.8 Å². The number of aliphatic hydroxyl groups excluding tert-OH is 1. The van der Waals surface area contributed by atoms with Gasteiger partial charge in [-0.15, -0.1) is 0 Å². The predicted molar refractivity (Wildman–Crippen MR) is 66.7 cm³/mol. The Labute approximate surface area is 103 Å². The summed E-state index contributed by atoms with van der Waals surface area (Å²) in [6, 6.07) is 0. The van der Waals surface area contributed by atoms with Crippen LogP contribution in [0.3, 0.4) is 0 Å². The van der Waals surface area contributed by atoms with Gasteiger partial charge in [-0.2, -0.15) is 0 Å². The van der Waals surface area contributed by atoms with E-state index in [0.29, 0.717) is 12.8 Å². The molecule has 0 fully saturated rings. The molecule has 0 radical (unpaired) electrons. The van der Waals surface area contributed by atoms with Gasteiger partial charge >= 0.3 is 5.97 Å². The third-order valence-corrected chi connectivity index (χ3v) is 1.79. The lowest BCUT2D eigenvalue weighted by Crippen LogP contribution is -2.35. The first-order chi connectivity index (χ1) is 8.24. The minimum Gasteiger partial charge on any atom is -0.429 e. The highest BCUT2D eigenvalue weighted by molar-refractivity contribution is 4.77. The van der Waals surface area contributed by atoms with Crippen LogP contribution in [0.5, 0.6) is 0 Å². The lowest BCUT2D eigenvalue weighted by molar-refractivity contribution is -0.322. The molecule has 0 amide bonds. The average molecular weight is 242 g/mol. The maximum Gasteiger partial charge on any atom is 0.415 e. The van der Waals surface area contributed by atoms with Crippen molar-refractivity contribution in [3.05, 3.63) is 37.0 Å². The highest BCUT2D eigenvalue weighted by Gasteiger charge is 2.34. The van der Waals surface area contributed by atoms with Gasteiger partial charge in [-0.25, -0.2) is 0 Å². The Morgan fingerprint density at radius 3 is 1.59 bits per heavy atom. The second kappa shape index (κ2) is 9.78. The molecule has 0 atom stereocenters. The highest BCUT2D eigenvalue weighted by atomic mass is 16.9. The summed E-state index contributed by atoms with van der Waals surface area (Å²) < 4.78 is 16.3. The van der Waals surface area contributed by atoms with Crippen LogP contribution in [0.25, 0.3) is 0 Å². The van der Waals surface area contributed by atoms with Crippen LogP contribution in [-0.4, -0.2) is 17.7 Å². The van der Waals surface area contributed by atoms with Crippen LogP contribution in [0, 0.1) is 0 Å². The molecule has 4 heteroatoms. The quantitative estimate of drug-likeness (QED) is 0.498. The van der Waals surface area contributed by atoms with Crippen molar-refractivity contribution < 1.29 is 19.3 Å². The molecular formula is C13H22O4. The van der Waals surface area contributed by atoms with Gasteiger partial charge in [0.2, 0.25) is 0 Å². The monoisotopic (exact) mass is 242 g/mol. The van der Waals surface area contributed by atoms with Gasteiger partial charge < -0.3 is 19.3 Å². The van der Waals surface area contributed by atoms with E-state index in [1.165, 1.54) is 18.8 Å². The number of hydrogen-bond acceptors (Lipinski definition) is 4. The zero-order chi connectivity index (χ0) is 13.0. The minimum absolute atomic E-state index is 0.0549. The lowest BCUT2D eigenvalue weighted by Gasteiger charge is -2.30. The van der Waals surface area contributed by atoms with Crippen LogP contribution >= 0.6 is 0 Å². The second-order valence-corrected chi connectivity index (χ2v) is 3.27. The molecular weight excluding hydrogens is 220 g/mol. The molecule has 0 aromatic rings. The molecule has 0 spiro atoms. The molecule has 0 unspecified atom stereocenters. The zero-order valence-electron chi connectivity index (χ0n) is 10.8. The van der Waals surface area contributed by atoms with Crippen LogP contribution in [0.4, 0.5) is 0 Å². The first-order valence-electron chi connectivity index (χ1n) is 5.72. The third kappa shape index (κ3) is 6.68. The molecule has 0 heterocycles. The van der Waals surface area contributed by atoms with Crippen LogP contribution < -0.4 is 0 Å². The highest BCUT2D eigenvalue weighted by Crippen LogP contribution is 2.23. The Hall–Kier alpha value is -1.42. The van der Waals surface area contributed by atoms with Crippen molar-refractivity contribution in [1.29, 1.82) is 0 Å². The van der Waals surface area contributed by atoms with Crippen molar-refractivity contribution in [3.8, 4) is 0 Å². The smallest absolute Gasteiger partial charge is 0.415 e. The van der Waals surface area contributed by atoms with E-state index in [1.54, 1.807) is 18.2 Å². The summed E-state index contributed by atoms with van der Waals surface area (Å²) in [5, 5.41) is 8.89. The van der Waals surface area contributed by atoms with E-state index in [9.17, 15) is 0 Å². The number of hydrogen-bond donors (Lipinski definition) is 1. The topological polar surface area (TPSA) is 47.9 Å². The van der Waals surface area contributed by atoms with E-state index in [-0.39, 0.29) is 6.61 Å². The lowest BCUT2D eigenvalue weighted by atomic mass is 10.3.